The fourth-order valence-corrected chi connectivity index (χ4v) is 4.99. The molecule has 37 heavy (non-hydrogen) atoms. The van der Waals surface area contributed by atoms with Crippen molar-refractivity contribution in [1.29, 1.82) is 0 Å². The minimum absolute atomic E-state index is 0.124. The van der Waals surface area contributed by atoms with Crippen LogP contribution in [0.25, 0.3) is 0 Å². The van der Waals surface area contributed by atoms with E-state index in [4.69, 9.17) is 9.47 Å². The van der Waals surface area contributed by atoms with Crippen LogP contribution in [-0.2, 0) is 16.0 Å². The molecule has 0 aromatic heterocycles. The maximum Gasteiger partial charge on any atom is 0.333 e. The third-order valence-corrected chi connectivity index (χ3v) is 7.29. The van der Waals surface area contributed by atoms with E-state index in [2.05, 4.69) is 21.2 Å². The summed E-state index contributed by atoms with van der Waals surface area (Å²) in [5, 5.41) is 12.3. The van der Waals surface area contributed by atoms with Gasteiger partial charge in [0.2, 0.25) is 0 Å². The molecule has 1 atom stereocenters. The van der Waals surface area contributed by atoms with Crippen LogP contribution in [0.4, 0.5) is 10.5 Å². The molecule has 0 saturated heterocycles. The summed E-state index contributed by atoms with van der Waals surface area (Å²) in [4.78, 5) is 26.2. The van der Waals surface area contributed by atoms with Gasteiger partial charge in [0.05, 0.1) is 6.54 Å². The second kappa shape index (κ2) is 15.6. The number of hydrogen-bond acceptors (Lipinski definition) is 4. The van der Waals surface area contributed by atoms with E-state index in [1.165, 1.54) is 32.1 Å². The van der Waals surface area contributed by atoms with Crippen molar-refractivity contribution in [3.05, 3.63) is 58.6 Å². The molecule has 202 valence electrons. The van der Waals surface area contributed by atoms with E-state index >= 15 is 0 Å². The fourth-order valence-electron chi connectivity index (χ4n) is 4.73. The molecule has 2 amide bonds. The van der Waals surface area contributed by atoms with Crippen LogP contribution in [0.1, 0.15) is 57.4 Å². The first-order valence-electron chi connectivity index (χ1n) is 13.3. The Kier molecular flexibility index (Phi) is 12.2. The van der Waals surface area contributed by atoms with Gasteiger partial charge in [-0.15, -0.1) is 0 Å². The van der Waals surface area contributed by atoms with Crippen LogP contribution in [0, 0.1) is 5.92 Å². The predicted octanol–water partition coefficient (Wildman–Crippen LogP) is 6.75. The second-order valence-corrected chi connectivity index (χ2v) is 10.5. The highest BCUT2D eigenvalue weighted by molar-refractivity contribution is 9.10. The molecule has 0 radical (unpaired) electrons. The van der Waals surface area contributed by atoms with Crippen molar-refractivity contribution in [2.45, 2.75) is 64.4 Å². The summed E-state index contributed by atoms with van der Waals surface area (Å²) in [6, 6.07) is 14.8. The van der Waals surface area contributed by atoms with Gasteiger partial charge in [0.1, 0.15) is 12.4 Å². The first-order chi connectivity index (χ1) is 17.9. The Morgan fingerprint density at radius 2 is 1.76 bits per heavy atom. The zero-order valence-corrected chi connectivity index (χ0v) is 23.3. The quantitative estimate of drug-likeness (QED) is 0.260. The number of rotatable bonds is 14. The number of halogens is 1. The number of aliphatic carboxylic acids is 1. The van der Waals surface area contributed by atoms with Gasteiger partial charge in [-0.25, -0.2) is 9.59 Å². The van der Waals surface area contributed by atoms with E-state index in [1.807, 2.05) is 53.4 Å². The molecule has 8 heteroatoms. The summed E-state index contributed by atoms with van der Waals surface area (Å²) in [5.74, 6) is 0.498. The molecular weight excluding hydrogens is 536 g/mol. The van der Waals surface area contributed by atoms with Gasteiger partial charge in [0.15, 0.2) is 6.10 Å². The largest absolute Gasteiger partial charge is 0.492 e. The van der Waals surface area contributed by atoms with E-state index in [1.54, 1.807) is 6.92 Å². The average Bonchev–Trinajstić information content (AvgIpc) is 2.90. The zero-order chi connectivity index (χ0) is 26.5. The highest BCUT2D eigenvalue weighted by Crippen LogP contribution is 2.27. The number of benzene rings is 2. The number of amides is 2. The summed E-state index contributed by atoms with van der Waals surface area (Å²) in [6.07, 6.45) is 8.20. The van der Waals surface area contributed by atoms with Crippen molar-refractivity contribution < 1.29 is 24.2 Å². The molecular formula is C29H39BrN2O5. The van der Waals surface area contributed by atoms with Gasteiger partial charge < -0.3 is 24.8 Å². The van der Waals surface area contributed by atoms with E-state index in [0.29, 0.717) is 38.5 Å². The van der Waals surface area contributed by atoms with E-state index in [0.717, 1.165) is 34.5 Å². The van der Waals surface area contributed by atoms with Crippen molar-refractivity contribution in [2.75, 3.05) is 31.6 Å². The Labute approximate surface area is 228 Å². The Bertz CT molecular complexity index is 961. The van der Waals surface area contributed by atoms with Gasteiger partial charge in [0, 0.05) is 29.7 Å². The Hall–Kier alpha value is -2.58. The number of nitrogens with one attached hydrogen (secondary N) is 1. The fraction of sp³-hybridized carbons (Fsp3) is 0.517. The third-order valence-electron chi connectivity index (χ3n) is 6.77. The van der Waals surface area contributed by atoms with Crippen LogP contribution in [-0.4, -0.2) is 54.4 Å². The van der Waals surface area contributed by atoms with Crippen LogP contribution in [0.3, 0.4) is 0 Å². The summed E-state index contributed by atoms with van der Waals surface area (Å²) in [6.45, 7) is 3.67. The molecule has 7 nitrogen and oxygen atoms in total. The topological polar surface area (TPSA) is 88.1 Å². The lowest BCUT2D eigenvalue weighted by Gasteiger charge is -2.26. The van der Waals surface area contributed by atoms with Crippen molar-refractivity contribution in [3.63, 3.8) is 0 Å². The SMILES string of the molecule is CCOC(Cc1ccc(OCCN(CCCC2CCCCC2)C(=O)Nc2ccc(Br)cc2)cc1)C(=O)O. The number of carboxylic acid groups (broad SMARTS) is 1. The van der Waals surface area contributed by atoms with Crippen molar-refractivity contribution >= 4 is 33.6 Å². The molecule has 0 aliphatic heterocycles. The van der Waals surface area contributed by atoms with Gasteiger partial charge in [-0.1, -0.05) is 60.2 Å². The Balaban J connectivity index is 1.52. The highest BCUT2D eigenvalue weighted by Gasteiger charge is 2.19. The van der Waals surface area contributed by atoms with Gasteiger partial charge in [-0.2, -0.15) is 0 Å². The molecule has 1 aliphatic rings. The first kappa shape index (κ1) is 29.0. The molecule has 2 N–H and O–H groups in total. The van der Waals surface area contributed by atoms with Gasteiger partial charge in [0.25, 0.3) is 0 Å². The number of nitrogens with zero attached hydrogens (tertiary/aromatic N) is 1. The molecule has 2 aromatic carbocycles. The maximum absolute atomic E-state index is 13.1. The van der Waals surface area contributed by atoms with Crippen LogP contribution in [0.2, 0.25) is 0 Å². The molecule has 0 bridgehead atoms. The average molecular weight is 576 g/mol. The lowest BCUT2D eigenvalue weighted by Crippen LogP contribution is -2.38. The lowest BCUT2D eigenvalue weighted by atomic mass is 9.86. The smallest absolute Gasteiger partial charge is 0.333 e. The number of carbonyl (C=O) groups is 2. The summed E-state index contributed by atoms with van der Waals surface area (Å²) in [5.41, 5.74) is 1.63. The van der Waals surface area contributed by atoms with E-state index < -0.39 is 12.1 Å². The van der Waals surface area contributed by atoms with Crippen LogP contribution < -0.4 is 10.1 Å². The van der Waals surface area contributed by atoms with Crippen LogP contribution in [0.15, 0.2) is 53.0 Å². The zero-order valence-electron chi connectivity index (χ0n) is 21.7. The third kappa shape index (κ3) is 10.4. The predicted molar refractivity (Wildman–Crippen MR) is 149 cm³/mol. The molecule has 1 unspecified atom stereocenters. The molecule has 2 aromatic rings. The summed E-state index contributed by atoms with van der Waals surface area (Å²) >= 11 is 3.43. The lowest BCUT2D eigenvalue weighted by molar-refractivity contribution is -0.149. The van der Waals surface area contributed by atoms with Crippen molar-refractivity contribution in [2.24, 2.45) is 5.92 Å². The first-order valence-corrected chi connectivity index (χ1v) is 14.1. The second-order valence-electron chi connectivity index (χ2n) is 9.55. The molecule has 1 fully saturated rings. The van der Waals surface area contributed by atoms with Crippen LogP contribution >= 0.6 is 15.9 Å². The van der Waals surface area contributed by atoms with Gasteiger partial charge >= 0.3 is 12.0 Å². The van der Waals surface area contributed by atoms with Crippen molar-refractivity contribution in [3.8, 4) is 5.75 Å². The standard InChI is InChI=1S/C29H39BrN2O5/c1-2-36-27(28(33)34)21-23-10-16-26(17-11-23)37-20-19-32(18-6-9-22-7-4-3-5-8-22)29(35)31-25-14-12-24(30)13-15-25/h10-17,22,27H,2-9,18-21H2,1H3,(H,31,35)(H,33,34). The molecule has 0 spiro atoms. The monoisotopic (exact) mass is 574 g/mol. The number of anilines is 1. The minimum atomic E-state index is -0.966. The molecule has 1 saturated carbocycles. The number of carboxylic acids is 1. The summed E-state index contributed by atoms with van der Waals surface area (Å²) in [7, 11) is 0. The van der Waals surface area contributed by atoms with Crippen molar-refractivity contribution in [1.82, 2.24) is 4.90 Å². The molecule has 0 heterocycles. The molecule has 3 rings (SSSR count). The number of hydrogen-bond donors (Lipinski definition) is 2. The minimum Gasteiger partial charge on any atom is -0.492 e. The van der Waals surface area contributed by atoms with E-state index in [9.17, 15) is 14.7 Å². The normalized spacial score (nSPS) is 14.6. The van der Waals surface area contributed by atoms with Crippen LogP contribution in [0.5, 0.6) is 5.75 Å². The molecule has 1 aliphatic carbocycles. The van der Waals surface area contributed by atoms with Gasteiger partial charge in [-0.05, 0) is 67.6 Å². The Morgan fingerprint density at radius 1 is 1.05 bits per heavy atom. The van der Waals surface area contributed by atoms with Gasteiger partial charge in [-0.3, -0.25) is 0 Å². The van der Waals surface area contributed by atoms with E-state index in [-0.39, 0.29) is 6.03 Å². The Morgan fingerprint density at radius 3 is 2.41 bits per heavy atom. The maximum atomic E-state index is 13.1. The number of carbonyl (C=O) groups excluding carboxylic acids is 1. The number of urea groups is 1. The highest BCUT2D eigenvalue weighted by atomic mass is 79.9. The number of ether oxygens (including phenoxy) is 2. The summed E-state index contributed by atoms with van der Waals surface area (Å²) < 4.78 is 12.2.